The fourth-order valence-electron chi connectivity index (χ4n) is 3.14. The first-order chi connectivity index (χ1) is 10.1. The molecule has 0 saturated carbocycles. The number of aliphatic hydroxyl groups excluding tert-OH is 1. The van der Waals surface area contributed by atoms with Crippen LogP contribution >= 0.6 is 0 Å². The molecule has 7 heteroatoms. The van der Waals surface area contributed by atoms with Crippen molar-refractivity contribution in [2.45, 2.75) is 6.92 Å². The summed E-state index contributed by atoms with van der Waals surface area (Å²) in [7, 11) is 4.12. The maximum Gasteiger partial charge on any atom is 0.263 e. The van der Waals surface area contributed by atoms with E-state index in [1.807, 2.05) is 6.92 Å². The van der Waals surface area contributed by atoms with Crippen LogP contribution in [0.1, 0.15) is 5.69 Å². The Kier molecular flexibility index (Phi) is 3.77. The Labute approximate surface area is 123 Å². The van der Waals surface area contributed by atoms with E-state index in [0.717, 1.165) is 36.5 Å². The van der Waals surface area contributed by atoms with E-state index in [-0.39, 0.29) is 12.5 Å². The van der Waals surface area contributed by atoms with Crippen LogP contribution in [0.5, 0.6) is 0 Å². The van der Waals surface area contributed by atoms with Gasteiger partial charge in [0.1, 0.15) is 17.5 Å². The van der Waals surface area contributed by atoms with Gasteiger partial charge in [0.2, 0.25) is 0 Å². The van der Waals surface area contributed by atoms with E-state index in [1.54, 1.807) is 0 Å². The number of aryl methyl sites for hydroxylation is 1. The highest BCUT2D eigenvalue weighted by Crippen LogP contribution is 2.32. The van der Waals surface area contributed by atoms with Gasteiger partial charge in [-0.15, -0.1) is 0 Å². The fraction of sp³-hybridized carbons (Fsp3) is 0.643. The zero-order valence-corrected chi connectivity index (χ0v) is 12.7. The highest BCUT2D eigenvalue weighted by molar-refractivity contribution is 5.87. The molecule has 1 aliphatic rings. The Bertz CT molecular complexity index is 627. The SMILES string of the molecule is Cc1noc2ncnc(N3C[C@@H](CN(C)C)[C@@H](CO)C3)c12. The number of nitrogens with zero attached hydrogens (tertiary/aromatic N) is 5. The Balaban J connectivity index is 1.91. The number of rotatable bonds is 4. The molecule has 1 fully saturated rings. The van der Waals surface area contributed by atoms with E-state index in [9.17, 15) is 5.11 Å². The largest absolute Gasteiger partial charge is 0.396 e. The van der Waals surface area contributed by atoms with Gasteiger partial charge in [0.05, 0.1) is 5.69 Å². The molecule has 2 aromatic rings. The summed E-state index contributed by atoms with van der Waals surface area (Å²) in [4.78, 5) is 12.9. The molecule has 2 aromatic heterocycles. The smallest absolute Gasteiger partial charge is 0.263 e. The lowest BCUT2D eigenvalue weighted by Crippen LogP contribution is -2.28. The molecule has 7 nitrogen and oxygen atoms in total. The Hall–Kier alpha value is -1.73. The summed E-state index contributed by atoms with van der Waals surface area (Å²) in [6.07, 6.45) is 1.51. The van der Waals surface area contributed by atoms with Crippen LogP contribution in [0.15, 0.2) is 10.9 Å². The van der Waals surface area contributed by atoms with Crippen molar-refractivity contribution in [2.24, 2.45) is 11.8 Å². The maximum absolute atomic E-state index is 9.63. The number of fused-ring (bicyclic) bond motifs is 1. The van der Waals surface area contributed by atoms with Gasteiger partial charge in [-0.3, -0.25) is 0 Å². The van der Waals surface area contributed by atoms with Crippen LogP contribution in [-0.4, -0.2) is 65.5 Å². The van der Waals surface area contributed by atoms with Gasteiger partial charge in [-0.2, -0.15) is 4.98 Å². The van der Waals surface area contributed by atoms with Crippen molar-refractivity contribution in [3.05, 3.63) is 12.0 Å². The van der Waals surface area contributed by atoms with E-state index >= 15 is 0 Å². The molecule has 2 atom stereocenters. The van der Waals surface area contributed by atoms with Gasteiger partial charge in [0.15, 0.2) is 0 Å². The zero-order chi connectivity index (χ0) is 15.0. The summed E-state index contributed by atoms with van der Waals surface area (Å²) in [6, 6.07) is 0. The second kappa shape index (κ2) is 5.57. The number of aliphatic hydroxyl groups is 1. The average Bonchev–Trinajstić information content (AvgIpc) is 3.02. The summed E-state index contributed by atoms with van der Waals surface area (Å²) >= 11 is 0. The quantitative estimate of drug-likeness (QED) is 0.880. The van der Waals surface area contributed by atoms with Crippen LogP contribution in [0, 0.1) is 18.8 Å². The number of anilines is 1. The molecule has 0 radical (unpaired) electrons. The van der Waals surface area contributed by atoms with Crippen molar-refractivity contribution in [2.75, 3.05) is 45.2 Å². The Morgan fingerprint density at radius 3 is 2.81 bits per heavy atom. The topological polar surface area (TPSA) is 78.5 Å². The van der Waals surface area contributed by atoms with E-state index < -0.39 is 0 Å². The first-order valence-electron chi connectivity index (χ1n) is 7.17. The van der Waals surface area contributed by atoms with Gasteiger partial charge in [-0.25, -0.2) is 4.98 Å². The third-order valence-electron chi connectivity index (χ3n) is 4.13. The van der Waals surface area contributed by atoms with Crippen molar-refractivity contribution in [3.63, 3.8) is 0 Å². The lowest BCUT2D eigenvalue weighted by Gasteiger charge is -2.20. The molecule has 3 heterocycles. The van der Waals surface area contributed by atoms with Crippen LogP contribution in [-0.2, 0) is 0 Å². The van der Waals surface area contributed by atoms with Crippen LogP contribution in [0.2, 0.25) is 0 Å². The minimum Gasteiger partial charge on any atom is -0.396 e. The lowest BCUT2D eigenvalue weighted by atomic mass is 9.97. The van der Waals surface area contributed by atoms with Crippen LogP contribution < -0.4 is 4.90 Å². The fourth-order valence-corrected chi connectivity index (χ4v) is 3.14. The molecule has 0 bridgehead atoms. The monoisotopic (exact) mass is 291 g/mol. The lowest BCUT2D eigenvalue weighted by molar-refractivity contribution is 0.185. The zero-order valence-electron chi connectivity index (χ0n) is 12.7. The summed E-state index contributed by atoms with van der Waals surface area (Å²) in [5.41, 5.74) is 1.33. The predicted molar refractivity (Wildman–Crippen MR) is 79.2 cm³/mol. The van der Waals surface area contributed by atoms with E-state index in [4.69, 9.17) is 4.52 Å². The Morgan fingerprint density at radius 1 is 1.33 bits per heavy atom. The van der Waals surface area contributed by atoms with Crippen LogP contribution in [0.25, 0.3) is 11.1 Å². The average molecular weight is 291 g/mol. The minimum atomic E-state index is 0.200. The Morgan fingerprint density at radius 2 is 2.10 bits per heavy atom. The second-order valence-corrected chi connectivity index (χ2v) is 6.02. The van der Waals surface area contributed by atoms with Crippen molar-refractivity contribution in [1.82, 2.24) is 20.0 Å². The van der Waals surface area contributed by atoms with Gasteiger partial charge < -0.3 is 19.4 Å². The molecule has 114 valence electrons. The van der Waals surface area contributed by atoms with Gasteiger partial charge in [0.25, 0.3) is 5.71 Å². The van der Waals surface area contributed by atoms with Gasteiger partial charge in [-0.05, 0) is 26.9 Å². The second-order valence-electron chi connectivity index (χ2n) is 6.02. The molecule has 0 aromatic carbocycles. The molecule has 1 saturated heterocycles. The number of hydrogen-bond donors (Lipinski definition) is 1. The maximum atomic E-state index is 9.63. The molecular weight excluding hydrogens is 270 g/mol. The third kappa shape index (κ3) is 2.58. The first kappa shape index (κ1) is 14.2. The highest BCUT2D eigenvalue weighted by Gasteiger charge is 2.34. The number of aromatic nitrogens is 3. The van der Waals surface area contributed by atoms with Crippen molar-refractivity contribution in [1.29, 1.82) is 0 Å². The van der Waals surface area contributed by atoms with Gasteiger partial charge >= 0.3 is 0 Å². The molecule has 0 amide bonds. The van der Waals surface area contributed by atoms with Crippen LogP contribution in [0.4, 0.5) is 5.82 Å². The summed E-state index contributed by atoms with van der Waals surface area (Å²) in [6.45, 7) is 4.73. The molecule has 21 heavy (non-hydrogen) atoms. The number of hydrogen-bond acceptors (Lipinski definition) is 7. The summed E-state index contributed by atoms with van der Waals surface area (Å²) in [5, 5.41) is 14.5. The molecule has 0 spiro atoms. The highest BCUT2D eigenvalue weighted by atomic mass is 16.5. The van der Waals surface area contributed by atoms with E-state index in [2.05, 4.69) is 39.0 Å². The molecule has 1 aliphatic heterocycles. The minimum absolute atomic E-state index is 0.200. The standard InChI is InChI=1S/C14H21N5O2/c1-9-12-13(15-8-16-14(12)21-17-9)19-5-10(4-18(2)3)11(6-19)7-20/h8,10-11,20H,4-7H2,1-3H3/t10-,11-/m1/s1. The van der Waals surface area contributed by atoms with Gasteiger partial charge in [-0.1, -0.05) is 5.16 Å². The normalized spacial score (nSPS) is 22.6. The van der Waals surface area contributed by atoms with E-state index in [1.165, 1.54) is 6.33 Å². The third-order valence-corrected chi connectivity index (χ3v) is 4.13. The van der Waals surface area contributed by atoms with Crippen LogP contribution in [0.3, 0.4) is 0 Å². The molecule has 0 unspecified atom stereocenters. The predicted octanol–water partition coefficient (Wildman–Crippen LogP) is 0.533. The molecule has 3 rings (SSSR count). The first-order valence-corrected chi connectivity index (χ1v) is 7.17. The van der Waals surface area contributed by atoms with Crippen molar-refractivity contribution >= 4 is 16.9 Å². The summed E-state index contributed by atoms with van der Waals surface area (Å²) in [5.74, 6) is 1.55. The summed E-state index contributed by atoms with van der Waals surface area (Å²) < 4.78 is 5.21. The molecule has 0 aliphatic carbocycles. The van der Waals surface area contributed by atoms with Crippen molar-refractivity contribution in [3.8, 4) is 0 Å². The van der Waals surface area contributed by atoms with E-state index in [0.29, 0.717) is 11.6 Å². The molecular formula is C14H21N5O2. The van der Waals surface area contributed by atoms with Crippen molar-refractivity contribution < 1.29 is 9.63 Å². The molecule has 1 N–H and O–H groups in total. The van der Waals surface area contributed by atoms with Gasteiger partial charge in [0, 0.05) is 32.2 Å².